The van der Waals surface area contributed by atoms with Gasteiger partial charge in [0, 0.05) is 18.3 Å². The molecule has 2 aromatic rings. The lowest BCUT2D eigenvalue weighted by Gasteiger charge is -2.23. The number of amides is 1. The Morgan fingerprint density at radius 3 is 2.33 bits per heavy atom. The second kappa shape index (κ2) is 8.25. The zero-order chi connectivity index (χ0) is 17.6. The molecule has 0 aliphatic heterocycles. The molecule has 0 aromatic heterocycles. The quantitative estimate of drug-likeness (QED) is 0.819. The number of rotatable bonds is 6. The van der Waals surface area contributed by atoms with E-state index in [0.29, 0.717) is 5.75 Å². The van der Waals surface area contributed by atoms with Gasteiger partial charge in [-0.25, -0.2) is 0 Å². The lowest BCUT2D eigenvalue weighted by molar-refractivity contribution is -0.113. The summed E-state index contributed by atoms with van der Waals surface area (Å²) in [6, 6.07) is 18.3. The van der Waals surface area contributed by atoms with Gasteiger partial charge in [-0.2, -0.15) is 0 Å². The zero-order valence-corrected chi connectivity index (χ0v) is 15.7. The van der Waals surface area contributed by atoms with E-state index >= 15 is 0 Å². The van der Waals surface area contributed by atoms with Gasteiger partial charge in [0.1, 0.15) is 0 Å². The molecule has 0 heterocycles. The average Bonchev–Trinajstić information content (AvgIpc) is 2.54. The molecule has 0 fully saturated rings. The van der Waals surface area contributed by atoms with Gasteiger partial charge in [0.05, 0.1) is 17.1 Å². The molecule has 0 saturated carbocycles. The summed E-state index contributed by atoms with van der Waals surface area (Å²) in [5, 5.41) is 3.05. The third kappa shape index (κ3) is 5.93. The highest BCUT2D eigenvalue weighted by atomic mass is 32.2. The van der Waals surface area contributed by atoms with Crippen LogP contribution in [0.5, 0.6) is 0 Å². The summed E-state index contributed by atoms with van der Waals surface area (Å²) in [6.07, 6.45) is 0. The number of benzene rings is 2. The highest BCUT2D eigenvalue weighted by Crippen LogP contribution is 2.27. The minimum atomic E-state index is 0.0375. The van der Waals surface area contributed by atoms with Crippen LogP contribution in [-0.2, 0) is 11.3 Å². The maximum Gasteiger partial charge on any atom is 0.234 e. The number of para-hydroxylation sites is 2. The van der Waals surface area contributed by atoms with Crippen molar-refractivity contribution >= 4 is 29.0 Å². The van der Waals surface area contributed by atoms with Crippen LogP contribution in [0.1, 0.15) is 26.3 Å². The van der Waals surface area contributed by atoms with Crippen LogP contribution < -0.4 is 10.2 Å². The van der Waals surface area contributed by atoms with Crippen LogP contribution in [0.4, 0.5) is 11.4 Å². The van der Waals surface area contributed by atoms with Crippen molar-refractivity contribution in [2.45, 2.75) is 32.1 Å². The fourth-order valence-electron chi connectivity index (χ4n) is 2.32. The van der Waals surface area contributed by atoms with Crippen molar-refractivity contribution in [2.75, 3.05) is 23.0 Å². The number of hydrogen-bond donors (Lipinski definition) is 1. The van der Waals surface area contributed by atoms with E-state index in [4.69, 9.17) is 0 Å². The van der Waals surface area contributed by atoms with E-state index in [9.17, 15) is 4.79 Å². The molecule has 24 heavy (non-hydrogen) atoms. The van der Waals surface area contributed by atoms with Gasteiger partial charge in [0.25, 0.3) is 0 Å². The van der Waals surface area contributed by atoms with Gasteiger partial charge in [0.15, 0.2) is 0 Å². The molecule has 0 unspecified atom stereocenters. The maximum atomic E-state index is 12.2. The first-order chi connectivity index (χ1) is 11.3. The molecule has 3 nitrogen and oxygen atoms in total. The first-order valence-electron chi connectivity index (χ1n) is 8.13. The van der Waals surface area contributed by atoms with Crippen LogP contribution in [0.3, 0.4) is 0 Å². The third-order valence-electron chi connectivity index (χ3n) is 3.49. The predicted molar refractivity (Wildman–Crippen MR) is 106 cm³/mol. The molecule has 0 saturated heterocycles. The van der Waals surface area contributed by atoms with Crippen molar-refractivity contribution < 1.29 is 4.79 Å². The zero-order valence-electron chi connectivity index (χ0n) is 14.9. The Morgan fingerprint density at radius 2 is 1.67 bits per heavy atom. The van der Waals surface area contributed by atoms with Crippen molar-refractivity contribution in [3.63, 3.8) is 0 Å². The van der Waals surface area contributed by atoms with Crippen molar-refractivity contribution in [1.29, 1.82) is 0 Å². The Labute approximate surface area is 149 Å². The highest BCUT2D eigenvalue weighted by molar-refractivity contribution is 8.01. The van der Waals surface area contributed by atoms with E-state index < -0.39 is 0 Å². The van der Waals surface area contributed by atoms with Crippen molar-refractivity contribution in [3.8, 4) is 0 Å². The molecule has 1 amide bonds. The second-order valence-electron chi connectivity index (χ2n) is 6.81. The third-order valence-corrected chi connectivity index (χ3v) is 4.76. The summed E-state index contributed by atoms with van der Waals surface area (Å²) in [5.74, 6) is 0.496. The smallest absolute Gasteiger partial charge is 0.234 e. The highest BCUT2D eigenvalue weighted by Gasteiger charge is 2.15. The molecule has 128 valence electrons. The molecule has 2 aromatic carbocycles. The standard InChI is InChI=1S/C20H26N2OS/c1-20(2,3)24-15-19(23)21-17-12-8-9-13-18(17)22(4)14-16-10-6-5-7-11-16/h5-13H,14-15H2,1-4H3,(H,21,23). The predicted octanol–water partition coefficient (Wildman–Crippen LogP) is 4.79. The number of carbonyl (C=O) groups excluding carboxylic acids is 1. The Bertz CT molecular complexity index is 665. The van der Waals surface area contributed by atoms with Crippen LogP contribution in [0.25, 0.3) is 0 Å². The molecule has 2 rings (SSSR count). The maximum absolute atomic E-state index is 12.2. The summed E-state index contributed by atoms with van der Waals surface area (Å²) >= 11 is 1.65. The molecule has 0 spiro atoms. The summed E-state index contributed by atoms with van der Waals surface area (Å²) in [7, 11) is 2.04. The van der Waals surface area contributed by atoms with E-state index in [0.717, 1.165) is 17.9 Å². The van der Waals surface area contributed by atoms with E-state index in [1.165, 1.54) is 5.56 Å². The number of anilines is 2. The first-order valence-corrected chi connectivity index (χ1v) is 9.11. The van der Waals surface area contributed by atoms with Gasteiger partial charge in [-0.3, -0.25) is 4.79 Å². The summed E-state index contributed by atoms with van der Waals surface area (Å²) < 4.78 is 0.0843. The molecule has 0 aliphatic rings. The number of nitrogens with zero attached hydrogens (tertiary/aromatic N) is 1. The molecule has 1 N–H and O–H groups in total. The number of nitrogens with one attached hydrogen (secondary N) is 1. The summed E-state index contributed by atoms with van der Waals surface area (Å²) in [6.45, 7) is 7.15. The van der Waals surface area contributed by atoms with Crippen molar-refractivity contribution in [1.82, 2.24) is 0 Å². The van der Waals surface area contributed by atoms with Gasteiger partial charge in [0.2, 0.25) is 5.91 Å². The van der Waals surface area contributed by atoms with Crippen LogP contribution in [0.2, 0.25) is 0 Å². The minimum absolute atomic E-state index is 0.0375. The number of thioether (sulfide) groups is 1. The van der Waals surface area contributed by atoms with Gasteiger partial charge < -0.3 is 10.2 Å². The Kier molecular flexibility index (Phi) is 6.32. The van der Waals surface area contributed by atoms with E-state index in [2.05, 4.69) is 43.1 Å². The second-order valence-corrected chi connectivity index (χ2v) is 8.61. The lowest BCUT2D eigenvalue weighted by Crippen LogP contribution is -2.22. The molecular formula is C20H26N2OS. The SMILES string of the molecule is CN(Cc1ccccc1)c1ccccc1NC(=O)CSC(C)(C)C. The Morgan fingerprint density at radius 1 is 1.04 bits per heavy atom. The van der Waals surface area contributed by atoms with Crippen LogP contribution in [0.15, 0.2) is 54.6 Å². The Hall–Kier alpha value is -1.94. The van der Waals surface area contributed by atoms with Crippen molar-refractivity contribution in [2.24, 2.45) is 0 Å². The minimum Gasteiger partial charge on any atom is -0.369 e. The molecule has 0 radical (unpaired) electrons. The summed E-state index contributed by atoms with van der Waals surface area (Å²) in [4.78, 5) is 14.4. The average molecular weight is 343 g/mol. The van der Waals surface area contributed by atoms with E-state index in [-0.39, 0.29) is 10.7 Å². The number of hydrogen-bond acceptors (Lipinski definition) is 3. The summed E-state index contributed by atoms with van der Waals surface area (Å²) in [5.41, 5.74) is 3.12. The van der Waals surface area contributed by atoms with Crippen molar-refractivity contribution in [3.05, 3.63) is 60.2 Å². The normalized spacial score (nSPS) is 11.2. The molecule has 0 bridgehead atoms. The monoisotopic (exact) mass is 342 g/mol. The van der Waals surface area contributed by atoms with E-state index in [1.807, 2.05) is 49.5 Å². The first kappa shape index (κ1) is 18.4. The van der Waals surface area contributed by atoms with Crippen LogP contribution in [-0.4, -0.2) is 23.5 Å². The van der Waals surface area contributed by atoms with Gasteiger partial charge in [-0.05, 0) is 17.7 Å². The van der Waals surface area contributed by atoms with Gasteiger partial charge in [-0.1, -0.05) is 63.2 Å². The van der Waals surface area contributed by atoms with Crippen LogP contribution in [0, 0.1) is 0 Å². The van der Waals surface area contributed by atoms with Crippen LogP contribution >= 0.6 is 11.8 Å². The Balaban J connectivity index is 2.05. The number of carbonyl (C=O) groups is 1. The van der Waals surface area contributed by atoms with E-state index in [1.54, 1.807) is 11.8 Å². The van der Waals surface area contributed by atoms with Gasteiger partial charge >= 0.3 is 0 Å². The topological polar surface area (TPSA) is 32.3 Å². The molecular weight excluding hydrogens is 316 g/mol. The molecule has 0 aliphatic carbocycles. The molecule has 4 heteroatoms. The van der Waals surface area contributed by atoms with Gasteiger partial charge in [-0.15, -0.1) is 11.8 Å². The fourth-order valence-corrected chi connectivity index (χ4v) is 2.96. The largest absolute Gasteiger partial charge is 0.369 e. The fraction of sp³-hybridized carbons (Fsp3) is 0.350. The lowest BCUT2D eigenvalue weighted by atomic mass is 10.2. The molecule has 0 atom stereocenters.